The Morgan fingerprint density at radius 1 is 1.53 bits per heavy atom. The summed E-state index contributed by atoms with van der Waals surface area (Å²) in [6.07, 6.45) is 4.86. The zero-order chi connectivity index (χ0) is 10.9. The first-order valence-electron chi connectivity index (χ1n) is 3.89. The molecule has 0 aromatic carbocycles. The van der Waals surface area contributed by atoms with Crippen LogP contribution in [0.1, 0.15) is 5.01 Å². The van der Waals surface area contributed by atoms with Gasteiger partial charge in [0.15, 0.2) is 5.13 Å². The molecular formula is C7H6FN3O2S2. The molecule has 0 atom stereocenters. The minimum absolute atomic E-state index is 0.223. The van der Waals surface area contributed by atoms with Crippen LogP contribution in [0.2, 0.25) is 0 Å². The van der Waals surface area contributed by atoms with Crippen LogP contribution in [0, 0.1) is 5.13 Å². The number of rotatable bonds is 3. The lowest BCUT2D eigenvalue weighted by atomic mass is 10.8. The first-order valence-corrected chi connectivity index (χ1v) is 6.32. The highest BCUT2D eigenvalue weighted by molar-refractivity contribution is 7.89. The summed E-state index contributed by atoms with van der Waals surface area (Å²) in [5.41, 5.74) is 0. The van der Waals surface area contributed by atoms with Crippen LogP contribution in [0.4, 0.5) is 4.39 Å². The molecule has 0 amide bonds. The van der Waals surface area contributed by atoms with Crippen molar-refractivity contribution in [2.45, 2.75) is 5.75 Å². The van der Waals surface area contributed by atoms with Crippen molar-refractivity contribution in [2.75, 3.05) is 0 Å². The molecule has 15 heavy (non-hydrogen) atoms. The molecule has 0 unspecified atom stereocenters. The van der Waals surface area contributed by atoms with Gasteiger partial charge in [0.1, 0.15) is 17.1 Å². The zero-order valence-corrected chi connectivity index (χ0v) is 9.00. The maximum absolute atomic E-state index is 12.6. The summed E-state index contributed by atoms with van der Waals surface area (Å²) >= 11 is 0.721. The molecule has 0 saturated carbocycles. The van der Waals surface area contributed by atoms with Crippen molar-refractivity contribution in [1.29, 1.82) is 0 Å². The Morgan fingerprint density at radius 3 is 2.87 bits per heavy atom. The predicted molar refractivity (Wildman–Crippen MR) is 52.3 cm³/mol. The number of halogens is 1. The minimum Gasteiger partial charge on any atom is -0.245 e. The van der Waals surface area contributed by atoms with Crippen molar-refractivity contribution in [3.05, 3.63) is 35.1 Å². The molecule has 0 spiro atoms. The molecule has 0 radical (unpaired) electrons. The van der Waals surface area contributed by atoms with Crippen LogP contribution in [0.15, 0.2) is 24.9 Å². The summed E-state index contributed by atoms with van der Waals surface area (Å²) in [7, 11) is -3.52. The Bertz CT molecular complexity index is 547. The number of aromatic nitrogens is 3. The van der Waals surface area contributed by atoms with Gasteiger partial charge in [-0.05, 0) is 0 Å². The smallest absolute Gasteiger partial charge is 0.245 e. The topological polar surface area (TPSA) is 64.8 Å². The lowest BCUT2D eigenvalue weighted by Crippen LogP contribution is -2.12. The SMILES string of the molecule is O=S(=O)(Cc1ncc(F)s1)n1ccnc1. The molecule has 2 heterocycles. The average Bonchev–Trinajstić information content (AvgIpc) is 2.75. The van der Waals surface area contributed by atoms with Crippen LogP contribution < -0.4 is 0 Å². The van der Waals surface area contributed by atoms with Gasteiger partial charge in [0, 0.05) is 12.4 Å². The van der Waals surface area contributed by atoms with Crippen LogP contribution in [0.5, 0.6) is 0 Å². The zero-order valence-electron chi connectivity index (χ0n) is 7.37. The van der Waals surface area contributed by atoms with Gasteiger partial charge in [-0.3, -0.25) is 0 Å². The Morgan fingerprint density at radius 2 is 2.33 bits per heavy atom. The summed E-state index contributed by atoms with van der Waals surface area (Å²) in [6, 6.07) is 0. The molecule has 2 aromatic rings. The summed E-state index contributed by atoms with van der Waals surface area (Å²) in [6.45, 7) is 0. The van der Waals surface area contributed by atoms with Crippen LogP contribution in [-0.4, -0.2) is 22.4 Å². The third-order valence-electron chi connectivity index (χ3n) is 1.63. The van der Waals surface area contributed by atoms with Crippen molar-refractivity contribution in [3.8, 4) is 0 Å². The third-order valence-corrected chi connectivity index (χ3v) is 4.10. The molecule has 2 aromatic heterocycles. The van der Waals surface area contributed by atoms with Crippen LogP contribution in [0.25, 0.3) is 0 Å². The fourth-order valence-electron chi connectivity index (χ4n) is 0.997. The van der Waals surface area contributed by atoms with Gasteiger partial charge in [0.25, 0.3) is 0 Å². The summed E-state index contributed by atoms with van der Waals surface area (Å²) in [4.78, 5) is 7.27. The van der Waals surface area contributed by atoms with Crippen molar-refractivity contribution < 1.29 is 12.8 Å². The lowest BCUT2D eigenvalue weighted by Gasteiger charge is -2.01. The summed E-state index contributed by atoms with van der Waals surface area (Å²) in [5, 5.41) is -0.271. The van der Waals surface area contributed by atoms with E-state index in [1.807, 2.05) is 0 Å². The highest BCUT2D eigenvalue weighted by atomic mass is 32.2. The molecule has 5 nitrogen and oxygen atoms in total. The number of nitrogens with zero attached hydrogens (tertiary/aromatic N) is 3. The Balaban J connectivity index is 2.26. The van der Waals surface area contributed by atoms with Crippen LogP contribution in [-0.2, 0) is 15.8 Å². The maximum Gasteiger partial charge on any atom is 0.246 e. The van der Waals surface area contributed by atoms with Gasteiger partial charge in [-0.2, -0.15) is 4.39 Å². The molecule has 0 aliphatic rings. The quantitative estimate of drug-likeness (QED) is 0.806. The van der Waals surface area contributed by atoms with Gasteiger partial charge in [-0.25, -0.2) is 22.4 Å². The second-order valence-corrected chi connectivity index (χ2v) is 5.65. The van der Waals surface area contributed by atoms with E-state index in [0.29, 0.717) is 0 Å². The van der Waals surface area contributed by atoms with E-state index in [9.17, 15) is 12.8 Å². The van der Waals surface area contributed by atoms with Gasteiger partial charge in [-0.15, -0.1) is 0 Å². The second-order valence-electron chi connectivity index (χ2n) is 2.71. The molecule has 0 saturated heterocycles. The second kappa shape index (κ2) is 3.70. The van der Waals surface area contributed by atoms with Gasteiger partial charge in [0.05, 0.1) is 6.20 Å². The van der Waals surface area contributed by atoms with Gasteiger partial charge >= 0.3 is 0 Å². The molecule has 0 aliphatic heterocycles. The monoisotopic (exact) mass is 247 g/mol. The normalized spacial score (nSPS) is 11.8. The fourth-order valence-corrected chi connectivity index (χ4v) is 3.09. The number of thiazole rings is 1. The maximum atomic E-state index is 12.6. The minimum atomic E-state index is -3.52. The number of hydrogen-bond donors (Lipinski definition) is 0. The molecule has 0 fully saturated rings. The van der Waals surface area contributed by atoms with E-state index in [1.165, 1.54) is 18.7 Å². The highest BCUT2D eigenvalue weighted by Crippen LogP contribution is 2.14. The van der Waals surface area contributed by atoms with Crippen molar-refractivity contribution >= 4 is 21.4 Å². The van der Waals surface area contributed by atoms with E-state index in [2.05, 4.69) is 9.97 Å². The number of imidazole rings is 1. The largest absolute Gasteiger partial charge is 0.246 e. The van der Waals surface area contributed by atoms with Crippen molar-refractivity contribution in [2.24, 2.45) is 0 Å². The van der Waals surface area contributed by atoms with E-state index in [4.69, 9.17) is 0 Å². The third kappa shape index (κ3) is 2.21. The predicted octanol–water partition coefficient (Wildman–Crippen LogP) is 0.857. The van der Waals surface area contributed by atoms with Crippen LogP contribution in [0.3, 0.4) is 0 Å². The number of hydrogen-bond acceptors (Lipinski definition) is 5. The first kappa shape index (κ1) is 10.2. The molecule has 8 heteroatoms. The first-order chi connectivity index (χ1) is 7.08. The molecule has 0 aliphatic carbocycles. The Labute approximate surface area is 89.3 Å². The highest BCUT2D eigenvalue weighted by Gasteiger charge is 2.16. The lowest BCUT2D eigenvalue weighted by molar-refractivity contribution is 0.586. The Hall–Kier alpha value is -1.28. The standard InChI is InChI=1S/C7H6FN3O2S2/c8-6-3-10-7(14-6)4-15(12,13)11-2-1-9-5-11/h1-3,5H,4H2. The van der Waals surface area contributed by atoms with Gasteiger partial charge < -0.3 is 0 Å². The van der Waals surface area contributed by atoms with Crippen molar-refractivity contribution in [1.82, 2.24) is 13.9 Å². The van der Waals surface area contributed by atoms with E-state index >= 15 is 0 Å². The van der Waals surface area contributed by atoms with E-state index < -0.39 is 15.2 Å². The molecule has 0 N–H and O–H groups in total. The molecular weight excluding hydrogens is 241 g/mol. The summed E-state index contributed by atoms with van der Waals surface area (Å²) in [5.74, 6) is -0.321. The fraction of sp³-hybridized carbons (Fsp3) is 0.143. The van der Waals surface area contributed by atoms with Crippen molar-refractivity contribution in [3.63, 3.8) is 0 Å². The van der Waals surface area contributed by atoms with E-state index in [0.717, 1.165) is 21.5 Å². The van der Waals surface area contributed by atoms with E-state index in [1.54, 1.807) is 0 Å². The van der Waals surface area contributed by atoms with Gasteiger partial charge in [-0.1, -0.05) is 11.3 Å². The van der Waals surface area contributed by atoms with Gasteiger partial charge in [0.2, 0.25) is 10.0 Å². The Kier molecular flexibility index (Phi) is 2.53. The molecule has 80 valence electrons. The summed E-state index contributed by atoms with van der Waals surface area (Å²) < 4.78 is 36.8. The molecule has 0 bridgehead atoms. The molecule has 2 rings (SSSR count). The van der Waals surface area contributed by atoms with Crippen LogP contribution >= 0.6 is 11.3 Å². The van der Waals surface area contributed by atoms with E-state index in [-0.39, 0.29) is 10.8 Å². The average molecular weight is 247 g/mol.